The molecule has 1 aromatic carbocycles. The number of hydrogen-bond donors (Lipinski definition) is 1. The molecule has 0 amide bonds. The van der Waals surface area contributed by atoms with Crippen molar-refractivity contribution in [2.45, 2.75) is 53.2 Å². The lowest BCUT2D eigenvalue weighted by Crippen LogP contribution is -2.55. The molecule has 3 aliphatic rings. The number of fused-ring (bicyclic) bond motifs is 1. The zero-order valence-electron chi connectivity index (χ0n) is 21.4. The molecule has 0 radical (unpaired) electrons. The molecule has 182 valence electrons. The molecule has 1 aromatic rings. The van der Waals surface area contributed by atoms with E-state index in [4.69, 9.17) is 9.47 Å². The minimum atomic E-state index is 0.0133. The first-order chi connectivity index (χ1) is 16.0. The number of rotatable bonds is 4. The Hall–Kier alpha value is -2.92. The van der Waals surface area contributed by atoms with E-state index in [9.17, 15) is 5.11 Å². The highest BCUT2D eigenvalue weighted by atomic mass is 16.6. The van der Waals surface area contributed by atoms with E-state index in [1.165, 1.54) is 5.57 Å². The fraction of sp³-hybridized carbons (Fsp3) is 0.448. The fourth-order valence-corrected chi connectivity index (χ4v) is 4.89. The van der Waals surface area contributed by atoms with Crippen LogP contribution in [0.4, 0.5) is 0 Å². The van der Waals surface area contributed by atoms with Crippen LogP contribution in [0.2, 0.25) is 0 Å². The Bertz CT molecular complexity index is 1190. The van der Waals surface area contributed by atoms with Gasteiger partial charge in [-0.25, -0.2) is 0 Å². The third kappa shape index (κ3) is 4.29. The third-order valence-corrected chi connectivity index (χ3v) is 7.06. The van der Waals surface area contributed by atoms with Crippen molar-refractivity contribution in [3.63, 3.8) is 0 Å². The van der Waals surface area contributed by atoms with Crippen LogP contribution in [0, 0.1) is 5.41 Å². The molecule has 2 fully saturated rings. The maximum absolute atomic E-state index is 10.2. The Kier molecular flexibility index (Phi) is 6.43. The second-order valence-corrected chi connectivity index (χ2v) is 10.7. The monoisotopic (exact) mass is 462 g/mol. The molecule has 3 heterocycles. The average Bonchev–Trinajstić information content (AvgIpc) is 2.73. The SMILES string of the molecule is C=C(O)C1=CN2C(=CC1=C)/C(=c1\cccc(OC3COC3)c1=C(C)CC)N(C)CC2C(C)(C)C. The third-order valence-electron chi connectivity index (χ3n) is 7.06. The summed E-state index contributed by atoms with van der Waals surface area (Å²) >= 11 is 0. The number of aliphatic hydroxyl groups is 1. The molecule has 1 unspecified atom stereocenters. The predicted molar refractivity (Wildman–Crippen MR) is 138 cm³/mol. The molecule has 3 aliphatic heterocycles. The summed E-state index contributed by atoms with van der Waals surface area (Å²) < 4.78 is 11.7. The number of aliphatic hydroxyl groups excluding tert-OH is 1. The highest BCUT2D eigenvalue weighted by Gasteiger charge is 2.40. The summed E-state index contributed by atoms with van der Waals surface area (Å²) in [6, 6.07) is 6.54. The summed E-state index contributed by atoms with van der Waals surface area (Å²) in [5.74, 6) is 0.952. The molecule has 1 atom stereocenters. The maximum atomic E-state index is 10.2. The lowest BCUT2D eigenvalue weighted by atomic mass is 9.82. The lowest BCUT2D eigenvalue weighted by Gasteiger charge is -2.50. The molecule has 0 bridgehead atoms. The number of allylic oxidation sites excluding steroid dienone is 2. The van der Waals surface area contributed by atoms with E-state index < -0.39 is 0 Å². The predicted octanol–water partition coefficient (Wildman–Crippen LogP) is 4.22. The van der Waals surface area contributed by atoms with Gasteiger partial charge < -0.3 is 24.4 Å². The van der Waals surface area contributed by atoms with Crippen LogP contribution in [0.1, 0.15) is 41.0 Å². The van der Waals surface area contributed by atoms with Crippen molar-refractivity contribution in [1.29, 1.82) is 0 Å². The molecule has 2 saturated heterocycles. The van der Waals surface area contributed by atoms with Crippen LogP contribution in [-0.2, 0) is 4.74 Å². The zero-order valence-corrected chi connectivity index (χ0v) is 21.4. The second kappa shape index (κ2) is 9.03. The van der Waals surface area contributed by atoms with E-state index in [2.05, 4.69) is 88.9 Å². The summed E-state index contributed by atoms with van der Waals surface area (Å²) in [5.41, 5.74) is 4.96. The van der Waals surface area contributed by atoms with Gasteiger partial charge in [0.05, 0.1) is 30.6 Å². The van der Waals surface area contributed by atoms with Gasteiger partial charge in [-0.15, -0.1) is 0 Å². The van der Waals surface area contributed by atoms with Gasteiger partial charge in [-0.3, -0.25) is 0 Å². The Morgan fingerprint density at radius 3 is 2.53 bits per heavy atom. The first kappa shape index (κ1) is 24.2. The molecule has 5 nitrogen and oxygen atoms in total. The number of likely N-dealkylation sites (N-methyl/N-ethyl adjacent to an activating group) is 1. The van der Waals surface area contributed by atoms with E-state index in [1.807, 2.05) is 6.20 Å². The van der Waals surface area contributed by atoms with Gasteiger partial charge in [0, 0.05) is 35.8 Å². The van der Waals surface area contributed by atoms with Crippen molar-refractivity contribution in [2.75, 3.05) is 26.8 Å². The molecule has 1 N–H and O–H groups in total. The topological polar surface area (TPSA) is 45.2 Å². The number of benzene rings is 1. The molecule has 0 aromatic heterocycles. The largest absolute Gasteiger partial charge is 0.508 e. The molecular formula is C29H38N2O3. The highest BCUT2D eigenvalue weighted by Crippen LogP contribution is 2.40. The Morgan fingerprint density at radius 2 is 1.97 bits per heavy atom. The van der Waals surface area contributed by atoms with Gasteiger partial charge in [-0.2, -0.15) is 0 Å². The first-order valence-corrected chi connectivity index (χ1v) is 12.1. The summed E-state index contributed by atoms with van der Waals surface area (Å²) in [4.78, 5) is 4.66. The van der Waals surface area contributed by atoms with Crippen molar-refractivity contribution < 1.29 is 14.6 Å². The van der Waals surface area contributed by atoms with Crippen molar-refractivity contribution >= 4 is 11.3 Å². The standard InChI is InChI=1S/C29H38N2O3/c1-9-18(2)27-22(11-10-12-25(27)34-21-16-33-17-21)28-24-13-19(3)23(20(4)32)14-31(24)26(15-30(28)8)29(5,6)7/h10-14,21,26,32H,3-4,9,15-17H2,1-2,5-8H3/b27-18?,28-22-. The highest BCUT2D eigenvalue weighted by molar-refractivity contribution is 5.70. The zero-order chi connectivity index (χ0) is 24.8. The fourth-order valence-electron chi connectivity index (χ4n) is 4.89. The summed E-state index contributed by atoms with van der Waals surface area (Å²) in [7, 11) is 2.16. The molecule has 4 rings (SSSR count). The lowest BCUT2D eigenvalue weighted by molar-refractivity contribution is -0.0800. The summed E-state index contributed by atoms with van der Waals surface area (Å²) in [6.07, 6.45) is 5.13. The van der Waals surface area contributed by atoms with Gasteiger partial charge in [-0.05, 0) is 36.5 Å². The molecular weight excluding hydrogens is 424 g/mol. The molecule has 0 aliphatic carbocycles. The molecule has 5 heteroatoms. The normalized spacial score (nSPS) is 23.6. The minimum absolute atomic E-state index is 0.0133. The Morgan fingerprint density at radius 1 is 1.26 bits per heavy atom. The van der Waals surface area contributed by atoms with Crippen molar-refractivity contribution in [3.05, 3.63) is 76.7 Å². The van der Waals surface area contributed by atoms with Crippen LogP contribution in [0.3, 0.4) is 0 Å². The van der Waals surface area contributed by atoms with Crippen LogP contribution in [0.25, 0.3) is 11.3 Å². The van der Waals surface area contributed by atoms with E-state index in [0.29, 0.717) is 18.8 Å². The molecule has 0 saturated carbocycles. The minimum Gasteiger partial charge on any atom is -0.508 e. The maximum Gasteiger partial charge on any atom is 0.145 e. The van der Waals surface area contributed by atoms with Gasteiger partial charge in [0.15, 0.2) is 0 Å². The Labute approximate surface area is 203 Å². The van der Waals surface area contributed by atoms with Crippen molar-refractivity contribution in [3.8, 4) is 5.75 Å². The quantitative estimate of drug-likeness (QED) is 0.679. The van der Waals surface area contributed by atoms with Gasteiger partial charge in [0.2, 0.25) is 0 Å². The van der Waals surface area contributed by atoms with Crippen LogP contribution < -0.4 is 15.2 Å². The van der Waals surface area contributed by atoms with Crippen LogP contribution in [0.15, 0.2) is 66.2 Å². The Balaban J connectivity index is 2.00. The summed E-state index contributed by atoms with van der Waals surface area (Å²) in [6.45, 7) is 21.3. The van der Waals surface area contributed by atoms with Gasteiger partial charge >= 0.3 is 0 Å². The number of hydrogen-bond acceptors (Lipinski definition) is 5. The summed E-state index contributed by atoms with van der Waals surface area (Å²) in [5, 5.41) is 12.5. The van der Waals surface area contributed by atoms with E-state index >= 15 is 0 Å². The number of piperazine rings is 1. The van der Waals surface area contributed by atoms with Gasteiger partial charge in [-0.1, -0.05) is 58.6 Å². The van der Waals surface area contributed by atoms with E-state index in [0.717, 1.165) is 46.1 Å². The van der Waals surface area contributed by atoms with Crippen LogP contribution in [-0.4, -0.2) is 53.9 Å². The van der Waals surface area contributed by atoms with Gasteiger partial charge in [0.25, 0.3) is 0 Å². The van der Waals surface area contributed by atoms with Crippen LogP contribution in [0.5, 0.6) is 5.75 Å². The number of nitrogens with zero attached hydrogens (tertiary/aromatic N) is 2. The van der Waals surface area contributed by atoms with E-state index in [1.54, 1.807) is 0 Å². The molecule has 0 spiro atoms. The molecule has 34 heavy (non-hydrogen) atoms. The van der Waals surface area contributed by atoms with Crippen molar-refractivity contribution in [2.24, 2.45) is 5.41 Å². The second-order valence-electron chi connectivity index (χ2n) is 10.7. The average molecular weight is 463 g/mol. The first-order valence-electron chi connectivity index (χ1n) is 12.1. The smallest absolute Gasteiger partial charge is 0.145 e. The van der Waals surface area contributed by atoms with Gasteiger partial charge in [0.1, 0.15) is 17.6 Å². The van der Waals surface area contributed by atoms with Crippen LogP contribution >= 0.6 is 0 Å². The van der Waals surface area contributed by atoms with Crippen molar-refractivity contribution in [1.82, 2.24) is 9.80 Å². The number of ether oxygens (including phenoxy) is 2. The van der Waals surface area contributed by atoms with E-state index in [-0.39, 0.29) is 23.3 Å².